The molecule has 1 aliphatic rings. The van der Waals surface area contributed by atoms with Gasteiger partial charge in [0.25, 0.3) is 0 Å². The molecule has 0 bridgehead atoms. The van der Waals surface area contributed by atoms with Crippen LogP contribution in [0.3, 0.4) is 0 Å². The van der Waals surface area contributed by atoms with Gasteiger partial charge in [-0.25, -0.2) is 9.37 Å². The zero-order valence-corrected chi connectivity index (χ0v) is 20.5. The van der Waals surface area contributed by atoms with Crippen LogP contribution in [0.1, 0.15) is 81.1 Å². The van der Waals surface area contributed by atoms with Crippen LogP contribution >= 0.6 is 0 Å². The van der Waals surface area contributed by atoms with Crippen LogP contribution < -0.4 is 20.5 Å². The van der Waals surface area contributed by atoms with Crippen molar-refractivity contribution in [2.24, 2.45) is 5.73 Å². The van der Waals surface area contributed by atoms with Crippen LogP contribution in [0.2, 0.25) is 0 Å². The minimum atomic E-state index is -0.622. The molecule has 8 heteroatoms. The van der Waals surface area contributed by atoms with Crippen LogP contribution in [-0.2, 0) is 0 Å². The molecule has 0 amide bonds. The number of benzene rings is 2. The zero-order valence-electron chi connectivity index (χ0n) is 20.5. The zero-order chi connectivity index (χ0) is 24.9. The Morgan fingerprint density at radius 2 is 1.94 bits per heavy atom. The van der Waals surface area contributed by atoms with Gasteiger partial charge in [0.1, 0.15) is 23.5 Å². The monoisotopic (exact) mass is 479 g/mol. The summed E-state index contributed by atoms with van der Waals surface area (Å²) in [5.74, 6) is 1.27. The van der Waals surface area contributed by atoms with Crippen molar-refractivity contribution >= 4 is 11.5 Å². The maximum Gasteiger partial charge on any atom is 0.171 e. The lowest BCUT2D eigenvalue weighted by Gasteiger charge is -2.22. The Bertz CT molecular complexity index is 1150. The highest BCUT2D eigenvalue weighted by Crippen LogP contribution is 2.37. The number of aromatic amines is 1. The van der Waals surface area contributed by atoms with E-state index in [9.17, 15) is 0 Å². The first-order valence-electron chi connectivity index (χ1n) is 12.2. The first-order valence-corrected chi connectivity index (χ1v) is 12.2. The van der Waals surface area contributed by atoms with Crippen molar-refractivity contribution in [1.29, 1.82) is 5.41 Å². The highest BCUT2D eigenvalue weighted by atomic mass is 19.1. The smallest absolute Gasteiger partial charge is 0.171 e. The van der Waals surface area contributed by atoms with Crippen LogP contribution in [0.15, 0.2) is 42.6 Å². The van der Waals surface area contributed by atoms with Crippen molar-refractivity contribution in [1.82, 2.24) is 9.97 Å². The molecule has 35 heavy (non-hydrogen) atoms. The molecule has 1 heterocycles. The van der Waals surface area contributed by atoms with Gasteiger partial charge < -0.3 is 25.5 Å². The molecular formula is C27H34FN5O2. The van der Waals surface area contributed by atoms with Gasteiger partial charge in [-0.3, -0.25) is 5.41 Å². The normalized spacial score (nSPS) is 14.8. The Balaban J connectivity index is 1.77. The Labute approximate surface area is 205 Å². The number of nitrogens with one attached hydrogen (secondary N) is 3. The number of H-pyrrole nitrogens is 1. The maximum atomic E-state index is 15.9. The molecule has 4 rings (SSSR count). The standard InChI is InChI=1S/C27H34FN5O2/c1-4-34-20-13-21(24(28)23(14-20)35-16(2)3)25(32-19-11-9-18(10-12-19)26(29)30)27-31-15-22(33-27)17-7-5-6-8-17/h9-17,25,32H,4-8H2,1-3H3,(H3,29,30)(H,31,33). The average molecular weight is 480 g/mol. The molecule has 0 spiro atoms. The molecule has 186 valence electrons. The van der Waals surface area contributed by atoms with E-state index < -0.39 is 11.9 Å². The lowest BCUT2D eigenvalue weighted by Crippen LogP contribution is -2.18. The molecule has 0 aliphatic heterocycles. The van der Waals surface area contributed by atoms with Gasteiger partial charge in [0.15, 0.2) is 11.6 Å². The number of anilines is 1. The number of hydrogen-bond acceptors (Lipinski definition) is 5. The summed E-state index contributed by atoms with van der Waals surface area (Å²) in [5.41, 5.74) is 8.41. The third-order valence-electron chi connectivity index (χ3n) is 6.22. The second-order valence-corrected chi connectivity index (χ2v) is 9.20. The SMILES string of the molecule is CCOc1cc(OC(C)C)c(F)c(C(Nc2ccc(C(=N)N)cc2)c2ncc(C3CCCC3)[nH]2)c1. The van der Waals surface area contributed by atoms with Crippen LogP contribution in [0.25, 0.3) is 0 Å². The van der Waals surface area contributed by atoms with E-state index >= 15 is 4.39 Å². The van der Waals surface area contributed by atoms with Gasteiger partial charge in [-0.1, -0.05) is 12.8 Å². The second kappa shape index (κ2) is 10.8. The van der Waals surface area contributed by atoms with Crippen molar-refractivity contribution < 1.29 is 13.9 Å². The van der Waals surface area contributed by atoms with Crippen molar-refractivity contribution in [3.8, 4) is 11.5 Å². The molecule has 0 radical (unpaired) electrons. The van der Waals surface area contributed by atoms with E-state index in [2.05, 4.69) is 15.3 Å². The van der Waals surface area contributed by atoms with Crippen molar-refractivity contribution in [2.45, 2.75) is 64.5 Å². The first-order chi connectivity index (χ1) is 16.9. The van der Waals surface area contributed by atoms with E-state index in [0.717, 1.165) is 24.2 Å². The fraction of sp³-hybridized carbons (Fsp3) is 0.407. The fourth-order valence-electron chi connectivity index (χ4n) is 4.54. The Morgan fingerprint density at radius 1 is 1.23 bits per heavy atom. The number of ether oxygens (including phenoxy) is 2. The molecule has 1 aliphatic carbocycles. The van der Waals surface area contributed by atoms with E-state index in [0.29, 0.717) is 35.2 Å². The van der Waals surface area contributed by atoms with E-state index in [1.165, 1.54) is 12.8 Å². The topological polar surface area (TPSA) is 109 Å². The molecule has 1 atom stereocenters. The quantitative estimate of drug-likeness (QED) is 0.215. The number of nitrogen functional groups attached to an aromatic ring is 1. The third-order valence-corrected chi connectivity index (χ3v) is 6.22. The summed E-state index contributed by atoms with van der Waals surface area (Å²) in [6, 6.07) is 9.82. The van der Waals surface area contributed by atoms with Gasteiger partial charge in [0.05, 0.1) is 12.7 Å². The summed E-state index contributed by atoms with van der Waals surface area (Å²) in [4.78, 5) is 8.13. The molecule has 5 N–H and O–H groups in total. The lowest BCUT2D eigenvalue weighted by molar-refractivity contribution is 0.228. The largest absolute Gasteiger partial charge is 0.494 e. The minimum absolute atomic E-state index is 0.00808. The van der Waals surface area contributed by atoms with Gasteiger partial charge in [-0.15, -0.1) is 0 Å². The van der Waals surface area contributed by atoms with E-state index in [4.69, 9.17) is 20.6 Å². The average Bonchev–Trinajstić information content (AvgIpc) is 3.52. The molecular weight excluding hydrogens is 445 g/mol. The number of imidazole rings is 1. The molecule has 7 nitrogen and oxygen atoms in total. The lowest BCUT2D eigenvalue weighted by atomic mass is 10.0. The number of halogens is 1. The van der Waals surface area contributed by atoms with Gasteiger partial charge in [-0.05, 0) is 63.9 Å². The summed E-state index contributed by atoms with van der Waals surface area (Å²) < 4.78 is 27.4. The number of hydrogen-bond donors (Lipinski definition) is 4. The first kappa shape index (κ1) is 24.6. The summed E-state index contributed by atoms with van der Waals surface area (Å²) in [7, 11) is 0. The Morgan fingerprint density at radius 3 is 2.57 bits per heavy atom. The van der Waals surface area contributed by atoms with E-state index in [1.807, 2.05) is 39.1 Å². The van der Waals surface area contributed by atoms with Crippen LogP contribution in [0.4, 0.5) is 10.1 Å². The van der Waals surface area contributed by atoms with Crippen molar-refractivity contribution in [3.63, 3.8) is 0 Å². The molecule has 0 saturated heterocycles. The Kier molecular flexibility index (Phi) is 7.58. The molecule has 2 aromatic carbocycles. The third kappa shape index (κ3) is 5.75. The predicted octanol–water partition coefficient (Wildman–Crippen LogP) is 5.88. The number of nitrogens with zero attached hydrogens (tertiary/aromatic N) is 1. The van der Waals surface area contributed by atoms with Gasteiger partial charge in [0, 0.05) is 40.7 Å². The molecule has 1 aromatic heterocycles. The minimum Gasteiger partial charge on any atom is -0.494 e. The summed E-state index contributed by atoms with van der Waals surface area (Å²) in [5, 5.41) is 11.1. The molecule has 3 aromatic rings. The van der Waals surface area contributed by atoms with E-state index in [1.54, 1.807) is 24.3 Å². The van der Waals surface area contributed by atoms with Gasteiger partial charge in [0.2, 0.25) is 0 Å². The summed E-state index contributed by atoms with van der Waals surface area (Å²) in [6.45, 7) is 6.06. The van der Waals surface area contributed by atoms with Crippen LogP contribution in [0, 0.1) is 11.2 Å². The van der Waals surface area contributed by atoms with Crippen molar-refractivity contribution in [2.75, 3.05) is 11.9 Å². The molecule has 1 saturated carbocycles. The highest BCUT2D eigenvalue weighted by molar-refractivity contribution is 5.95. The Hall–Kier alpha value is -3.55. The number of rotatable bonds is 10. The number of aromatic nitrogens is 2. The molecule has 1 unspecified atom stereocenters. The van der Waals surface area contributed by atoms with Gasteiger partial charge >= 0.3 is 0 Å². The highest BCUT2D eigenvalue weighted by Gasteiger charge is 2.27. The summed E-state index contributed by atoms with van der Waals surface area (Å²) >= 11 is 0. The van der Waals surface area contributed by atoms with E-state index in [-0.39, 0.29) is 17.7 Å². The fourth-order valence-corrected chi connectivity index (χ4v) is 4.54. The predicted molar refractivity (Wildman–Crippen MR) is 136 cm³/mol. The van der Waals surface area contributed by atoms with Crippen molar-refractivity contribution in [3.05, 3.63) is 71.1 Å². The summed E-state index contributed by atoms with van der Waals surface area (Å²) in [6.07, 6.45) is 6.36. The van der Waals surface area contributed by atoms with Crippen LogP contribution in [0.5, 0.6) is 11.5 Å². The molecule has 1 fully saturated rings. The second-order valence-electron chi connectivity index (χ2n) is 9.20. The maximum absolute atomic E-state index is 15.9. The number of nitrogens with two attached hydrogens (primary N) is 1. The van der Waals surface area contributed by atoms with Gasteiger partial charge in [-0.2, -0.15) is 0 Å². The number of amidine groups is 1. The van der Waals surface area contributed by atoms with Crippen LogP contribution in [-0.4, -0.2) is 28.5 Å².